The summed E-state index contributed by atoms with van der Waals surface area (Å²) in [6.45, 7) is 2.54. The summed E-state index contributed by atoms with van der Waals surface area (Å²) in [5.74, 6) is 0.246. The summed E-state index contributed by atoms with van der Waals surface area (Å²) in [7, 11) is 0. The van der Waals surface area contributed by atoms with Gasteiger partial charge in [-0.05, 0) is 24.5 Å². The van der Waals surface area contributed by atoms with Crippen LogP contribution >= 0.6 is 0 Å². The molecule has 6 heteroatoms. The Morgan fingerprint density at radius 3 is 2.81 bits per heavy atom. The van der Waals surface area contributed by atoms with Crippen LogP contribution in [0.4, 0.5) is 13.2 Å². The Bertz CT molecular complexity index is 457. The normalized spacial score (nSPS) is 19.1. The van der Waals surface area contributed by atoms with Crippen LogP contribution in [-0.2, 0) is 17.7 Å². The molecule has 1 aromatic heterocycles. The summed E-state index contributed by atoms with van der Waals surface area (Å²) in [6.07, 6.45) is -1.49. The first-order valence-corrected chi connectivity index (χ1v) is 7.33. The van der Waals surface area contributed by atoms with Crippen molar-refractivity contribution in [1.29, 1.82) is 0 Å². The zero-order chi connectivity index (χ0) is 15.3. The quantitative estimate of drug-likeness (QED) is 0.876. The average Bonchev–Trinajstić information content (AvgIpc) is 2.92. The summed E-state index contributed by atoms with van der Waals surface area (Å²) in [5, 5.41) is 2.45. The second kappa shape index (κ2) is 7.22. The van der Waals surface area contributed by atoms with Gasteiger partial charge in [-0.3, -0.25) is 4.98 Å². The first-order valence-electron chi connectivity index (χ1n) is 7.33. The second-order valence-electron chi connectivity index (χ2n) is 5.37. The topological polar surface area (TPSA) is 34.1 Å². The van der Waals surface area contributed by atoms with E-state index in [4.69, 9.17) is 4.74 Å². The third-order valence-corrected chi connectivity index (χ3v) is 3.56. The van der Waals surface area contributed by atoms with E-state index in [9.17, 15) is 13.2 Å². The van der Waals surface area contributed by atoms with E-state index in [1.54, 1.807) is 0 Å². The number of hydrogen-bond acceptors (Lipinski definition) is 3. The molecule has 2 heterocycles. The van der Waals surface area contributed by atoms with Crippen LogP contribution in [-0.4, -0.2) is 30.9 Å². The zero-order valence-corrected chi connectivity index (χ0v) is 12.2. The predicted octanol–water partition coefficient (Wildman–Crippen LogP) is 3.19. The van der Waals surface area contributed by atoms with Crippen LogP contribution in [0.15, 0.2) is 12.1 Å². The minimum atomic E-state index is -4.20. The maximum absolute atomic E-state index is 12.3. The first-order chi connectivity index (χ1) is 9.99. The van der Waals surface area contributed by atoms with Crippen LogP contribution in [0.5, 0.6) is 0 Å². The van der Waals surface area contributed by atoms with Crippen molar-refractivity contribution in [1.82, 2.24) is 10.3 Å². The highest BCUT2D eigenvalue weighted by Gasteiger charge is 2.27. The zero-order valence-electron chi connectivity index (χ0n) is 12.2. The fourth-order valence-electron chi connectivity index (χ4n) is 2.57. The molecule has 0 amide bonds. The number of nitrogens with one attached hydrogen (secondary N) is 1. The number of halogens is 3. The van der Waals surface area contributed by atoms with Crippen LogP contribution in [0.1, 0.15) is 42.6 Å². The summed E-state index contributed by atoms with van der Waals surface area (Å²) in [5.41, 5.74) is 2.67. The summed E-state index contributed by atoms with van der Waals surface area (Å²) in [4.78, 5) is 4.54. The van der Waals surface area contributed by atoms with Gasteiger partial charge in [-0.25, -0.2) is 0 Å². The molecule has 0 radical (unpaired) electrons. The third kappa shape index (κ3) is 4.97. The lowest BCUT2D eigenvalue weighted by Crippen LogP contribution is -2.29. The molecule has 1 fully saturated rings. The second-order valence-corrected chi connectivity index (χ2v) is 5.37. The molecule has 1 N–H and O–H groups in total. The number of ether oxygens (including phenoxy) is 1. The van der Waals surface area contributed by atoms with Gasteiger partial charge in [0.05, 0.1) is 18.8 Å². The highest BCUT2D eigenvalue weighted by Crippen LogP contribution is 2.27. The summed E-state index contributed by atoms with van der Waals surface area (Å²) in [6, 6.07) is 3.98. The molecule has 0 aliphatic carbocycles. The van der Waals surface area contributed by atoms with Crippen LogP contribution in [0.25, 0.3) is 0 Å². The fourth-order valence-corrected chi connectivity index (χ4v) is 2.57. The number of pyridine rings is 1. The molecule has 118 valence electrons. The molecule has 0 spiro atoms. The van der Waals surface area contributed by atoms with E-state index in [0.29, 0.717) is 13.2 Å². The Balaban J connectivity index is 2.11. The number of aryl methyl sites for hydroxylation is 1. The van der Waals surface area contributed by atoms with Gasteiger partial charge >= 0.3 is 6.18 Å². The van der Waals surface area contributed by atoms with Crippen molar-refractivity contribution < 1.29 is 17.9 Å². The minimum absolute atomic E-state index is 0.142. The molecule has 0 unspecified atom stereocenters. The SMILES string of the molecule is CCCc1ccc([C@H]2CCOC2)c(CNCC(F)(F)F)n1. The average molecular weight is 302 g/mol. The molecule has 21 heavy (non-hydrogen) atoms. The monoisotopic (exact) mass is 302 g/mol. The highest BCUT2D eigenvalue weighted by molar-refractivity contribution is 5.28. The predicted molar refractivity (Wildman–Crippen MR) is 74.2 cm³/mol. The van der Waals surface area contributed by atoms with Gasteiger partial charge in [0.15, 0.2) is 0 Å². The lowest BCUT2D eigenvalue weighted by Gasteiger charge is -2.16. The van der Waals surface area contributed by atoms with Gasteiger partial charge in [-0.2, -0.15) is 13.2 Å². The van der Waals surface area contributed by atoms with Gasteiger partial charge in [0.25, 0.3) is 0 Å². The minimum Gasteiger partial charge on any atom is -0.381 e. The molecule has 0 bridgehead atoms. The van der Waals surface area contributed by atoms with Crippen molar-refractivity contribution in [2.75, 3.05) is 19.8 Å². The lowest BCUT2D eigenvalue weighted by molar-refractivity contribution is -0.125. The molecule has 1 aliphatic heterocycles. The number of hydrogen-bond donors (Lipinski definition) is 1. The maximum Gasteiger partial charge on any atom is 0.401 e. The van der Waals surface area contributed by atoms with E-state index >= 15 is 0 Å². The van der Waals surface area contributed by atoms with Gasteiger partial charge in [0, 0.05) is 24.8 Å². The van der Waals surface area contributed by atoms with Crippen LogP contribution in [0.3, 0.4) is 0 Å². The Hall–Kier alpha value is -1.14. The van der Waals surface area contributed by atoms with E-state index in [-0.39, 0.29) is 12.5 Å². The Kier molecular flexibility index (Phi) is 5.58. The van der Waals surface area contributed by atoms with Crippen LogP contribution in [0, 0.1) is 0 Å². The van der Waals surface area contributed by atoms with E-state index in [1.165, 1.54) is 0 Å². The molecular weight excluding hydrogens is 281 g/mol. The molecule has 3 nitrogen and oxygen atoms in total. The van der Waals surface area contributed by atoms with Gasteiger partial charge in [-0.1, -0.05) is 19.4 Å². The van der Waals surface area contributed by atoms with Gasteiger partial charge in [-0.15, -0.1) is 0 Å². The molecule has 0 saturated carbocycles. The third-order valence-electron chi connectivity index (χ3n) is 3.56. The van der Waals surface area contributed by atoms with Crippen molar-refractivity contribution in [2.45, 2.75) is 44.8 Å². The Morgan fingerprint density at radius 1 is 1.38 bits per heavy atom. The van der Waals surface area contributed by atoms with Gasteiger partial charge in [0.1, 0.15) is 0 Å². The van der Waals surface area contributed by atoms with Gasteiger partial charge < -0.3 is 10.1 Å². The summed E-state index contributed by atoms with van der Waals surface area (Å²) >= 11 is 0. The van der Waals surface area contributed by atoms with E-state index in [0.717, 1.165) is 36.2 Å². The molecule has 1 atom stereocenters. The number of nitrogens with zero attached hydrogens (tertiary/aromatic N) is 1. The molecule has 0 aromatic carbocycles. The van der Waals surface area contributed by atoms with Crippen LogP contribution in [0.2, 0.25) is 0 Å². The number of rotatable bonds is 6. The molecule has 1 saturated heterocycles. The number of alkyl halides is 3. The molecule has 2 rings (SSSR count). The number of aromatic nitrogens is 1. The van der Waals surface area contributed by atoms with Crippen LogP contribution < -0.4 is 5.32 Å². The van der Waals surface area contributed by atoms with E-state index in [1.807, 2.05) is 12.1 Å². The van der Waals surface area contributed by atoms with Crippen molar-refractivity contribution in [3.8, 4) is 0 Å². The fraction of sp³-hybridized carbons (Fsp3) is 0.667. The van der Waals surface area contributed by atoms with Crippen molar-refractivity contribution in [3.05, 3.63) is 29.1 Å². The van der Waals surface area contributed by atoms with Gasteiger partial charge in [0.2, 0.25) is 0 Å². The summed E-state index contributed by atoms with van der Waals surface area (Å²) < 4.78 is 42.1. The Morgan fingerprint density at radius 2 is 2.19 bits per heavy atom. The molecular formula is C15H21F3N2O. The van der Waals surface area contributed by atoms with E-state index in [2.05, 4.69) is 17.2 Å². The highest BCUT2D eigenvalue weighted by atomic mass is 19.4. The smallest absolute Gasteiger partial charge is 0.381 e. The molecule has 1 aromatic rings. The first kappa shape index (κ1) is 16.2. The standard InChI is InChI=1S/C15H21F3N2O/c1-2-3-12-4-5-13(11-6-7-21-9-11)14(20-12)8-19-10-15(16,17)18/h4-5,11,19H,2-3,6-10H2,1H3/t11-/m0/s1. The Labute approximate surface area is 122 Å². The van der Waals surface area contributed by atoms with Crippen molar-refractivity contribution in [2.24, 2.45) is 0 Å². The lowest BCUT2D eigenvalue weighted by atomic mass is 9.96. The maximum atomic E-state index is 12.3. The van der Waals surface area contributed by atoms with Crippen molar-refractivity contribution in [3.63, 3.8) is 0 Å². The van der Waals surface area contributed by atoms with E-state index < -0.39 is 12.7 Å². The molecule has 1 aliphatic rings. The van der Waals surface area contributed by atoms with Crippen molar-refractivity contribution >= 4 is 0 Å². The largest absolute Gasteiger partial charge is 0.401 e.